The number of rotatable bonds is 0. The van der Waals surface area contributed by atoms with Crippen molar-refractivity contribution in [2.45, 2.75) is 0 Å². The summed E-state index contributed by atoms with van der Waals surface area (Å²) in [6.45, 7) is 0. The van der Waals surface area contributed by atoms with E-state index in [0.29, 0.717) is 0 Å². The summed E-state index contributed by atoms with van der Waals surface area (Å²) in [5.74, 6) is 0. The van der Waals surface area contributed by atoms with Crippen LogP contribution in [0, 0.1) is 0 Å². The molecule has 0 amide bonds. The molecule has 0 aliphatic heterocycles. The molecule has 0 aromatic heterocycles. The van der Waals surface area contributed by atoms with E-state index in [1.54, 1.807) is 0 Å². The van der Waals surface area contributed by atoms with Crippen LogP contribution in [0.15, 0.2) is 0 Å². The third-order valence-electron chi connectivity index (χ3n) is 0. The molecule has 0 aromatic carbocycles. The van der Waals surface area contributed by atoms with Gasteiger partial charge >= 0.3 is 22.0 Å². The quantitative estimate of drug-likeness (QED) is 0.175. The average Bonchev–Trinajstić information content (AvgIpc) is 1.54. The molecule has 1 radical (unpaired) electrons. The molecule has 0 saturated heterocycles. The molecule has 73 valence electrons. The van der Waals surface area contributed by atoms with Crippen LogP contribution in [0.5, 0.6) is 0 Å². The predicted molar refractivity (Wildman–Crippen MR) is 43.0 cm³/mol. The normalized spacial score (nSPS) is 6.23. The minimum absolute atomic E-state index is 0. The van der Waals surface area contributed by atoms with E-state index < -0.39 is 22.0 Å². The monoisotopic (exact) mass is 209 g/mol. The van der Waals surface area contributed by atoms with Crippen molar-refractivity contribution in [3.8, 4) is 0 Å². The maximum atomic E-state index is 7.17. The zero-order valence-electron chi connectivity index (χ0n) is 6.76. The Kier molecular flexibility index (Phi) is 33.7. The molecule has 13 heteroatoms. The molecule has 0 rings (SSSR count). The van der Waals surface area contributed by atoms with Crippen LogP contribution in [0.1, 0.15) is 0 Å². The largest absolute Gasteiger partial charge is 0.631 e. The van der Waals surface area contributed by atoms with Crippen LogP contribution in [0.2, 0.25) is 0 Å². The summed E-state index contributed by atoms with van der Waals surface area (Å²) in [7, 11) is -6.50. The van der Waals surface area contributed by atoms with Gasteiger partial charge in [-0.25, -0.2) is 0 Å². The molecule has 0 aliphatic rings. The first-order chi connectivity index (χ1) is 5.20. The predicted octanol–water partition coefficient (Wildman–Crippen LogP) is -6.54. The molecule has 0 spiro atoms. The fourth-order valence-electron chi connectivity index (χ4n) is 0. The van der Waals surface area contributed by atoms with Crippen molar-refractivity contribution in [2.24, 2.45) is 0 Å². The molecule has 0 aromatic rings. The zero-order chi connectivity index (χ0) is 10.7. The summed E-state index contributed by atoms with van der Waals surface area (Å²) in [6.07, 6.45) is 0. The Hall–Kier alpha value is 0.835. The van der Waals surface area contributed by atoms with Crippen LogP contribution in [0.25, 0.3) is 0 Å². The summed E-state index contributed by atoms with van der Waals surface area (Å²) in [4.78, 5) is 0. The topological polar surface area (TPSA) is 182 Å². The molecule has 9 N–H and O–H groups in total. The second-order valence-electron chi connectivity index (χ2n) is 1.04. The summed E-state index contributed by atoms with van der Waals surface area (Å²) < 4.78 is 0. The molecule has 0 atom stereocenters. The standard InChI is InChI=1S/3BH3O3.Na/c3*2-1(3)4;/h3*2-4H;. The van der Waals surface area contributed by atoms with Gasteiger partial charge in [-0.15, -0.1) is 0 Å². The van der Waals surface area contributed by atoms with Crippen molar-refractivity contribution in [2.75, 3.05) is 0 Å². The molecular formula is H9B3NaO9. The van der Waals surface area contributed by atoms with Crippen LogP contribution in [-0.4, -0.2) is 96.7 Å². The first-order valence-corrected chi connectivity index (χ1v) is 2.32. The van der Waals surface area contributed by atoms with Crippen molar-refractivity contribution < 1.29 is 45.2 Å². The Morgan fingerprint density at radius 3 is 0.385 bits per heavy atom. The summed E-state index contributed by atoms with van der Waals surface area (Å²) in [6, 6.07) is 0. The fraction of sp³-hybridized carbons (Fsp3) is 0. The van der Waals surface area contributed by atoms with Gasteiger partial charge in [0, 0.05) is 29.6 Å². The average molecular weight is 208 g/mol. The van der Waals surface area contributed by atoms with Gasteiger partial charge in [0.2, 0.25) is 0 Å². The van der Waals surface area contributed by atoms with Gasteiger partial charge in [-0.2, -0.15) is 0 Å². The third-order valence-corrected chi connectivity index (χ3v) is 0. The van der Waals surface area contributed by atoms with Crippen LogP contribution in [0.3, 0.4) is 0 Å². The first-order valence-electron chi connectivity index (χ1n) is 2.32. The van der Waals surface area contributed by atoms with Gasteiger partial charge < -0.3 is 45.2 Å². The second-order valence-corrected chi connectivity index (χ2v) is 1.04. The summed E-state index contributed by atoms with van der Waals surface area (Å²) in [5.41, 5.74) is 0. The van der Waals surface area contributed by atoms with E-state index in [2.05, 4.69) is 0 Å². The molecule has 9 nitrogen and oxygen atoms in total. The molecule has 0 fully saturated rings. The van der Waals surface area contributed by atoms with Crippen molar-refractivity contribution >= 4 is 51.5 Å². The van der Waals surface area contributed by atoms with E-state index in [1.165, 1.54) is 0 Å². The molecule has 0 aliphatic carbocycles. The van der Waals surface area contributed by atoms with Crippen LogP contribution in [0.4, 0.5) is 0 Å². The Bertz CT molecular complexity index is 43.4. The Labute approximate surface area is 96.7 Å². The van der Waals surface area contributed by atoms with Gasteiger partial charge in [-0.1, -0.05) is 0 Å². The smallest absolute Gasteiger partial charge is 0.402 e. The van der Waals surface area contributed by atoms with E-state index in [9.17, 15) is 0 Å². The Balaban J connectivity index is -0.0000000450. The molecule has 0 unspecified atom stereocenters. The molecule has 0 bridgehead atoms. The first kappa shape index (κ1) is 23.6. The van der Waals surface area contributed by atoms with E-state index in [1.807, 2.05) is 0 Å². The minimum Gasteiger partial charge on any atom is -0.402 e. The Morgan fingerprint density at radius 1 is 0.385 bits per heavy atom. The van der Waals surface area contributed by atoms with Gasteiger partial charge in [0.1, 0.15) is 0 Å². The third kappa shape index (κ3) is 2160. The SMILES string of the molecule is OB(O)O.OB(O)O.OB(O)O.[Na]. The van der Waals surface area contributed by atoms with Crippen LogP contribution < -0.4 is 0 Å². The Morgan fingerprint density at radius 2 is 0.385 bits per heavy atom. The van der Waals surface area contributed by atoms with Crippen molar-refractivity contribution in [1.82, 2.24) is 0 Å². The number of hydrogen-bond donors (Lipinski definition) is 9. The minimum atomic E-state index is -2.17. The zero-order valence-corrected chi connectivity index (χ0v) is 8.76. The van der Waals surface area contributed by atoms with Crippen molar-refractivity contribution in [3.63, 3.8) is 0 Å². The van der Waals surface area contributed by atoms with Gasteiger partial charge in [0.15, 0.2) is 0 Å². The maximum absolute atomic E-state index is 7.17. The van der Waals surface area contributed by atoms with E-state index in [4.69, 9.17) is 45.2 Å². The molecule has 0 saturated carbocycles. The van der Waals surface area contributed by atoms with E-state index >= 15 is 0 Å². The maximum Gasteiger partial charge on any atom is 0.631 e. The van der Waals surface area contributed by atoms with Gasteiger partial charge in [0.05, 0.1) is 0 Å². The van der Waals surface area contributed by atoms with E-state index in [-0.39, 0.29) is 29.6 Å². The second kappa shape index (κ2) is 18.6. The fourth-order valence-corrected chi connectivity index (χ4v) is 0. The van der Waals surface area contributed by atoms with Gasteiger partial charge in [-0.05, 0) is 0 Å². The molecule has 0 heterocycles. The van der Waals surface area contributed by atoms with E-state index in [0.717, 1.165) is 0 Å². The van der Waals surface area contributed by atoms with Crippen LogP contribution >= 0.6 is 0 Å². The van der Waals surface area contributed by atoms with Crippen LogP contribution in [-0.2, 0) is 0 Å². The summed E-state index contributed by atoms with van der Waals surface area (Å²) >= 11 is 0. The van der Waals surface area contributed by atoms with Gasteiger partial charge in [-0.3, -0.25) is 0 Å². The molecule has 13 heavy (non-hydrogen) atoms. The molecular weight excluding hydrogens is 199 g/mol. The van der Waals surface area contributed by atoms with Crippen molar-refractivity contribution in [1.29, 1.82) is 0 Å². The van der Waals surface area contributed by atoms with Gasteiger partial charge in [0.25, 0.3) is 0 Å². The van der Waals surface area contributed by atoms with Crippen molar-refractivity contribution in [3.05, 3.63) is 0 Å². The summed E-state index contributed by atoms with van der Waals surface area (Å²) in [5, 5.41) is 64.5. The number of hydrogen-bond acceptors (Lipinski definition) is 9.